The summed E-state index contributed by atoms with van der Waals surface area (Å²) < 4.78 is 7.58. The second kappa shape index (κ2) is 15.5. The molecule has 5 nitrogen and oxygen atoms in total. The molecule has 69 heavy (non-hydrogen) atoms. The number of rotatable bonds is 6. The van der Waals surface area contributed by atoms with E-state index in [2.05, 4.69) is 237 Å². The average molecular weight is 888 g/mol. The van der Waals surface area contributed by atoms with Crippen molar-refractivity contribution in [1.82, 2.24) is 23.7 Å². The number of hydrogen-bond acceptors (Lipinski definition) is 2. The standard InChI is InChI=1S/C64H49N5/c1-38-17-23-55-47(29-38)48-30-39(2)18-24-56(48)67(55)61-35-46(54-37-53(44-13-9-7-10-14-44)65-64(66-54)45-15-11-8-12-16-45)36-62(68-57-25-19-40(3)31-49(57)50-32-41(4)20-26-58(50)68)63(61)69-59-27-21-42(5)33-51(59)52-34-43(6)22-28-60(52)69/h7-37H,1-6H3. The van der Waals surface area contributed by atoms with Crippen LogP contribution in [0.15, 0.2) is 188 Å². The largest absolute Gasteiger partial charge is 0.307 e. The molecule has 0 bridgehead atoms. The van der Waals surface area contributed by atoms with Crippen molar-refractivity contribution in [1.29, 1.82) is 0 Å². The smallest absolute Gasteiger partial charge is 0.160 e. The Morgan fingerprint density at radius 2 is 0.580 bits per heavy atom. The molecule has 0 aliphatic rings. The number of nitrogens with zero attached hydrogens (tertiary/aromatic N) is 5. The summed E-state index contributed by atoms with van der Waals surface area (Å²) in [5.74, 6) is 0.679. The summed E-state index contributed by atoms with van der Waals surface area (Å²) in [6.07, 6.45) is 0. The quantitative estimate of drug-likeness (QED) is 0.167. The summed E-state index contributed by atoms with van der Waals surface area (Å²) >= 11 is 0. The summed E-state index contributed by atoms with van der Waals surface area (Å²) in [7, 11) is 0. The molecule has 9 aromatic carbocycles. The number of aryl methyl sites for hydroxylation is 6. The summed E-state index contributed by atoms with van der Waals surface area (Å²) in [6, 6.07) is 69.3. The van der Waals surface area contributed by atoms with Crippen molar-refractivity contribution in [3.05, 3.63) is 221 Å². The van der Waals surface area contributed by atoms with Gasteiger partial charge in [0.2, 0.25) is 0 Å². The molecule has 0 aliphatic heterocycles. The first kappa shape index (κ1) is 40.7. The Bertz CT molecular complexity index is 3860. The maximum Gasteiger partial charge on any atom is 0.160 e. The molecule has 13 aromatic rings. The lowest BCUT2D eigenvalue weighted by Crippen LogP contribution is -2.10. The van der Waals surface area contributed by atoms with Crippen LogP contribution >= 0.6 is 0 Å². The minimum absolute atomic E-state index is 0.679. The van der Waals surface area contributed by atoms with Crippen LogP contribution in [0.2, 0.25) is 0 Å². The summed E-state index contributed by atoms with van der Waals surface area (Å²) in [4.78, 5) is 10.8. The molecule has 0 aliphatic carbocycles. The maximum atomic E-state index is 5.52. The lowest BCUT2D eigenvalue weighted by molar-refractivity contribution is 1.05. The van der Waals surface area contributed by atoms with E-state index >= 15 is 0 Å². The minimum atomic E-state index is 0.679. The van der Waals surface area contributed by atoms with Gasteiger partial charge in [-0.25, -0.2) is 9.97 Å². The van der Waals surface area contributed by atoms with Gasteiger partial charge in [-0.3, -0.25) is 0 Å². The van der Waals surface area contributed by atoms with Crippen molar-refractivity contribution in [3.8, 4) is 51.0 Å². The molecule has 0 fully saturated rings. The molecule has 4 aromatic heterocycles. The van der Waals surface area contributed by atoms with Crippen LogP contribution in [0, 0.1) is 41.5 Å². The van der Waals surface area contributed by atoms with Crippen LogP contribution in [0.5, 0.6) is 0 Å². The van der Waals surface area contributed by atoms with E-state index in [1.54, 1.807) is 0 Å². The third-order valence-corrected chi connectivity index (χ3v) is 14.1. The van der Waals surface area contributed by atoms with E-state index in [9.17, 15) is 0 Å². The molecular formula is C64H49N5. The van der Waals surface area contributed by atoms with Gasteiger partial charge in [-0.15, -0.1) is 0 Å². The van der Waals surface area contributed by atoms with E-state index in [-0.39, 0.29) is 0 Å². The Morgan fingerprint density at radius 1 is 0.275 bits per heavy atom. The Hall–Kier alpha value is -8.54. The Morgan fingerprint density at radius 3 is 0.928 bits per heavy atom. The zero-order valence-electron chi connectivity index (χ0n) is 39.6. The number of fused-ring (bicyclic) bond motifs is 9. The molecule has 13 rings (SSSR count). The second-order valence-corrected chi connectivity index (χ2v) is 19.2. The molecule has 0 N–H and O–H groups in total. The van der Waals surface area contributed by atoms with Gasteiger partial charge in [0.15, 0.2) is 5.82 Å². The van der Waals surface area contributed by atoms with Gasteiger partial charge in [-0.05, 0) is 133 Å². The van der Waals surface area contributed by atoms with Gasteiger partial charge in [0.05, 0.1) is 61.6 Å². The van der Waals surface area contributed by atoms with Gasteiger partial charge < -0.3 is 13.7 Å². The predicted octanol–water partition coefficient (Wildman–Crippen LogP) is 16.6. The number of benzene rings is 9. The second-order valence-electron chi connectivity index (χ2n) is 19.2. The molecule has 0 unspecified atom stereocenters. The molecule has 4 heterocycles. The van der Waals surface area contributed by atoms with Crippen LogP contribution in [0.25, 0.3) is 116 Å². The Balaban J connectivity index is 1.28. The van der Waals surface area contributed by atoms with Crippen molar-refractivity contribution in [2.24, 2.45) is 0 Å². The molecule has 5 heteroatoms. The van der Waals surface area contributed by atoms with Crippen molar-refractivity contribution >= 4 is 65.4 Å². The topological polar surface area (TPSA) is 40.6 Å². The number of aromatic nitrogens is 5. The molecule has 0 amide bonds. The fourth-order valence-corrected chi connectivity index (χ4v) is 10.9. The lowest BCUT2D eigenvalue weighted by Gasteiger charge is -2.24. The van der Waals surface area contributed by atoms with Gasteiger partial charge in [-0.1, -0.05) is 130 Å². The van der Waals surface area contributed by atoms with Crippen molar-refractivity contribution < 1.29 is 0 Å². The zero-order valence-corrected chi connectivity index (χ0v) is 39.6. The minimum Gasteiger partial charge on any atom is -0.307 e. The van der Waals surface area contributed by atoms with Crippen LogP contribution in [0.1, 0.15) is 33.4 Å². The number of hydrogen-bond donors (Lipinski definition) is 0. The van der Waals surface area contributed by atoms with E-state index in [1.165, 1.54) is 65.7 Å². The van der Waals surface area contributed by atoms with Crippen molar-refractivity contribution in [2.45, 2.75) is 41.5 Å². The van der Waals surface area contributed by atoms with Crippen molar-refractivity contribution in [3.63, 3.8) is 0 Å². The fourth-order valence-electron chi connectivity index (χ4n) is 10.9. The van der Waals surface area contributed by atoms with Crippen LogP contribution in [-0.4, -0.2) is 23.7 Å². The van der Waals surface area contributed by atoms with Crippen LogP contribution < -0.4 is 0 Å². The van der Waals surface area contributed by atoms with Crippen LogP contribution in [0.3, 0.4) is 0 Å². The molecule has 0 saturated carbocycles. The fraction of sp³-hybridized carbons (Fsp3) is 0.0938. The highest BCUT2D eigenvalue weighted by Crippen LogP contribution is 2.46. The maximum absolute atomic E-state index is 5.52. The third kappa shape index (κ3) is 6.52. The highest BCUT2D eigenvalue weighted by atomic mass is 15.1. The highest BCUT2D eigenvalue weighted by Gasteiger charge is 2.27. The van der Waals surface area contributed by atoms with E-state index < -0.39 is 0 Å². The summed E-state index contributed by atoms with van der Waals surface area (Å²) in [5.41, 5.74) is 22.1. The molecule has 0 spiro atoms. The Labute approximate surface area is 401 Å². The first-order chi connectivity index (χ1) is 33.6. The molecule has 0 atom stereocenters. The summed E-state index contributed by atoms with van der Waals surface area (Å²) in [6.45, 7) is 13.2. The molecule has 0 saturated heterocycles. The van der Waals surface area contributed by atoms with Gasteiger partial charge in [0.25, 0.3) is 0 Å². The first-order valence-corrected chi connectivity index (χ1v) is 23.9. The van der Waals surface area contributed by atoms with E-state index in [4.69, 9.17) is 9.97 Å². The molecule has 330 valence electrons. The first-order valence-electron chi connectivity index (χ1n) is 23.9. The normalized spacial score (nSPS) is 11.9. The van der Waals surface area contributed by atoms with E-state index in [0.717, 1.165) is 78.2 Å². The van der Waals surface area contributed by atoms with Gasteiger partial charge in [-0.2, -0.15) is 0 Å². The molecular weight excluding hydrogens is 839 g/mol. The zero-order chi connectivity index (χ0) is 46.7. The Kier molecular flexibility index (Phi) is 9.15. The van der Waals surface area contributed by atoms with Gasteiger partial charge >= 0.3 is 0 Å². The van der Waals surface area contributed by atoms with Crippen LogP contribution in [0.4, 0.5) is 0 Å². The van der Waals surface area contributed by atoms with Crippen LogP contribution in [-0.2, 0) is 0 Å². The van der Waals surface area contributed by atoms with E-state index in [1.807, 2.05) is 6.07 Å². The average Bonchev–Trinajstić information content (AvgIpc) is 3.97. The predicted molar refractivity (Wildman–Crippen MR) is 290 cm³/mol. The SMILES string of the molecule is Cc1ccc2c(c1)c1cc(C)ccc1n2-c1cc(-c2cc(-c3ccccc3)nc(-c3ccccc3)n2)cc(-n2c3ccc(C)cc3c3cc(C)ccc32)c1-n1c2ccc(C)cc2c2cc(C)ccc21. The summed E-state index contributed by atoms with van der Waals surface area (Å²) in [5, 5.41) is 7.36. The van der Waals surface area contributed by atoms with E-state index in [0.29, 0.717) is 5.82 Å². The molecule has 0 radical (unpaired) electrons. The van der Waals surface area contributed by atoms with Gasteiger partial charge in [0, 0.05) is 49.0 Å². The van der Waals surface area contributed by atoms with Crippen molar-refractivity contribution in [2.75, 3.05) is 0 Å². The third-order valence-electron chi connectivity index (χ3n) is 14.1. The van der Waals surface area contributed by atoms with Gasteiger partial charge in [0.1, 0.15) is 0 Å². The monoisotopic (exact) mass is 887 g/mol. The lowest BCUT2D eigenvalue weighted by atomic mass is 10.0. The highest BCUT2D eigenvalue weighted by molar-refractivity contribution is 6.14.